The molecule has 0 N–H and O–H groups in total. The molecule has 0 heterocycles. The van der Waals surface area contributed by atoms with Gasteiger partial charge in [0.1, 0.15) is 0 Å². The molecule has 0 aromatic heterocycles. The highest BCUT2D eigenvalue weighted by molar-refractivity contribution is 5.90. The average molecular weight is 219 g/mol. The van der Waals surface area contributed by atoms with Crippen LogP contribution in [0.3, 0.4) is 0 Å². The first-order valence-corrected chi connectivity index (χ1v) is 5.34. The molecule has 0 fully saturated rings. The number of benzene rings is 1. The molecular weight excluding hydrogens is 204 g/mol. The molecule has 1 aromatic carbocycles. The molecule has 1 aromatic rings. The van der Waals surface area contributed by atoms with Crippen LogP contribution in [0.25, 0.3) is 0 Å². The molecule has 0 saturated carbocycles. The molecule has 0 bridgehead atoms. The minimum absolute atomic E-state index is 0.229. The van der Waals surface area contributed by atoms with Crippen molar-refractivity contribution in [3.63, 3.8) is 0 Å². The fourth-order valence-corrected chi connectivity index (χ4v) is 1.26. The lowest BCUT2D eigenvalue weighted by atomic mass is 10.1. The summed E-state index contributed by atoms with van der Waals surface area (Å²) in [4.78, 5) is 22.2. The van der Waals surface area contributed by atoms with Gasteiger partial charge in [0, 0.05) is 0 Å². The van der Waals surface area contributed by atoms with E-state index in [-0.39, 0.29) is 6.42 Å². The Kier molecular flexibility index (Phi) is 5.26. The predicted molar refractivity (Wildman–Crippen MR) is 60.5 cm³/mol. The van der Waals surface area contributed by atoms with Gasteiger partial charge in [-0.1, -0.05) is 37.3 Å². The van der Waals surface area contributed by atoms with Crippen LogP contribution in [-0.4, -0.2) is 11.9 Å². The average Bonchev–Trinajstić information content (AvgIpc) is 2.28. The Bertz CT molecular complexity index is 343. The Balaban J connectivity index is 2.28. The van der Waals surface area contributed by atoms with Crippen LogP contribution in [0, 0.1) is 6.42 Å². The predicted octanol–water partition coefficient (Wildman–Crippen LogP) is 2.30. The van der Waals surface area contributed by atoms with Crippen molar-refractivity contribution in [2.75, 3.05) is 0 Å². The van der Waals surface area contributed by atoms with Crippen molar-refractivity contribution < 1.29 is 14.3 Å². The normalized spacial score (nSPS) is 9.81. The third kappa shape index (κ3) is 4.73. The number of hydrogen-bond donors (Lipinski definition) is 0. The molecule has 0 atom stereocenters. The SMILES string of the molecule is CC[CH]C(=O)OC(=O)CCc1ccccc1. The van der Waals surface area contributed by atoms with Crippen LogP contribution in [0.1, 0.15) is 25.3 Å². The van der Waals surface area contributed by atoms with Crippen LogP contribution in [0.15, 0.2) is 30.3 Å². The number of esters is 2. The van der Waals surface area contributed by atoms with Crippen molar-refractivity contribution in [2.24, 2.45) is 0 Å². The van der Waals surface area contributed by atoms with Crippen molar-refractivity contribution in [2.45, 2.75) is 26.2 Å². The second-order valence-corrected chi connectivity index (χ2v) is 3.39. The third-order valence-corrected chi connectivity index (χ3v) is 2.05. The van der Waals surface area contributed by atoms with Crippen LogP contribution in [0.4, 0.5) is 0 Å². The van der Waals surface area contributed by atoms with Crippen LogP contribution >= 0.6 is 0 Å². The molecular formula is C13H15O3. The van der Waals surface area contributed by atoms with Crippen LogP contribution in [0.5, 0.6) is 0 Å². The van der Waals surface area contributed by atoms with Gasteiger partial charge in [0.05, 0.1) is 12.8 Å². The highest BCUT2D eigenvalue weighted by Crippen LogP contribution is 2.03. The zero-order valence-corrected chi connectivity index (χ0v) is 9.31. The van der Waals surface area contributed by atoms with Crippen LogP contribution in [0.2, 0.25) is 0 Å². The van der Waals surface area contributed by atoms with Gasteiger partial charge < -0.3 is 4.74 Å². The van der Waals surface area contributed by atoms with Crippen molar-refractivity contribution in [1.82, 2.24) is 0 Å². The van der Waals surface area contributed by atoms with Crippen molar-refractivity contribution >= 4 is 11.9 Å². The van der Waals surface area contributed by atoms with Gasteiger partial charge >= 0.3 is 11.9 Å². The van der Waals surface area contributed by atoms with E-state index < -0.39 is 11.9 Å². The highest BCUT2D eigenvalue weighted by atomic mass is 16.6. The summed E-state index contributed by atoms with van der Waals surface area (Å²) in [7, 11) is 0. The van der Waals surface area contributed by atoms with E-state index in [4.69, 9.17) is 0 Å². The first kappa shape index (κ1) is 12.4. The molecule has 16 heavy (non-hydrogen) atoms. The molecule has 0 aliphatic rings. The Labute approximate surface area is 95.4 Å². The summed E-state index contributed by atoms with van der Waals surface area (Å²) >= 11 is 0. The topological polar surface area (TPSA) is 43.4 Å². The third-order valence-electron chi connectivity index (χ3n) is 2.05. The molecule has 1 rings (SSSR count). The lowest BCUT2D eigenvalue weighted by molar-refractivity contribution is -0.157. The largest absolute Gasteiger partial charge is 0.393 e. The second-order valence-electron chi connectivity index (χ2n) is 3.39. The van der Waals surface area contributed by atoms with Gasteiger partial charge in [-0.05, 0) is 18.4 Å². The smallest absolute Gasteiger partial charge is 0.317 e. The summed E-state index contributed by atoms with van der Waals surface area (Å²) in [6, 6.07) is 9.62. The monoisotopic (exact) mass is 219 g/mol. The van der Waals surface area contributed by atoms with E-state index in [9.17, 15) is 9.59 Å². The van der Waals surface area contributed by atoms with E-state index in [1.807, 2.05) is 37.3 Å². The van der Waals surface area contributed by atoms with E-state index >= 15 is 0 Å². The van der Waals surface area contributed by atoms with Gasteiger partial charge in [-0.25, -0.2) is 0 Å². The van der Waals surface area contributed by atoms with E-state index in [1.54, 1.807) is 0 Å². The Morgan fingerprint density at radius 2 is 1.94 bits per heavy atom. The molecule has 0 amide bonds. The van der Waals surface area contributed by atoms with Gasteiger partial charge in [-0.2, -0.15) is 0 Å². The molecule has 1 radical (unpaired) electrons. The Hall–Kier alpha value is -1.64. The Morgan fingerprint density at radius 3 is 2.56 bits per heavy atom. The first-order valence-electron chi connectivity index (χ1n) is 5.34. The molecule has 0 saturated heterocycles. The number of carbonyl (C=O) groups excluding carboxylic acids is 2. The lowest BCUT2D eigenvalue weighted by Gasteiger charge is -2.02. The molecule has 0 aliphatic heterocycles. The minimum Gasteiger partial charge on any atom is -0.393 e. The molecule has 85 valence electrons. The maximum atomic E-state index is 11.2. The number of aryl methyl sites for hydroxylation is 1. The zero-order valence-electron chi connectivity index (χ0n) is 9.31. The summed E-state index contributed by atoms with van der Waals surface area (Å²) in [6.45, 7) is 1.82. The summed E-state index contributed by atoms with van der Waals surface area (Å²) in [5.41, 5.74) is 1.06. The van der Waals surface area contributed by atoms with Crippen LogP contribution in [-0.2, 0) is 20.7 Å². The number of hydrogen-bond acceptors (Lipinski definition) is 3. The maximum Gasteiger partial charge on any atom is 0.317 e. The minimum atomic E-state index is -0.555. The van der Waals surface area contributed by atoms with E-state index in [2.05, 4.69) is 4.74 Å². The second kappa shape index (κ2) is 6.77. The molecule has 3 heteroatoms. The molecule has 0 unspecified atom stereocenters. The summed E-state index contributed by atoms with van der Waals surface area (Å²) in [5, 5.41) is 0. The number of rotatable bonds is 5. The summed E-state index contributed by atoms with van der Waals surface area (Å²) in [6.07, 6.45) is 2.75. The quantitative estimate of drug-likeness (QED) is 0.563. The van der Waals surface area contributed by atoms with Crippen molar-refractivity contribution in [1.29, 1.82) is 0 Å². The Morgan fingerprint density at radius 1 is 1.25 bits per heavy atom. The molecule has 3 nitrogen and oxygen atoms in total. The van der Waals surface area contributed by atoms with E-state index in [0.29, 0.717) is 12.8 Å². The van der Waals surface area contributed by atoms with Crippen molar-refractivity contribution in [3.8, 4) is 0 Å². The first-order chi connectivity index (χ1) is 7.72. The number of carbonyl (C=O) groups is 2. The lowest BCUT2D eigenvalue weighted by Crippen LogP contribution is -2.12. The van der Waals surface area contributed by atoms with E-state index in [0.717, 1.165) is 5.56 Å². The fourth-order valence-electron chi connectivity index (χ4n) is 1.26. The van der Waals surface area contributed by atoms with Gasteiger partial charge in [0.2, 0.25) is 0 Å². The summed E-state index contributed by atoms with van der Waals surface area (Å²) in [5.74, 6) is -1.03. The highest BCUT2D eigenvalue weighted by Gasteiger charge is 2.09. The zero-order chi connectivity index (χ0) is 11.8. The summed E-state index contributed by atoms with van der Waals surface area (Å²) < 4.78 is 4.58. The molecule has 0 aliphatic carbocycles. The standard InChI is InChI=1S/C13H15O3/c1-2-6-12(14)16-13(15)10-9-11-7-4-3-5-8-11/h3-8H,2,9-10H2,1H3. The van der Waals surface area contributed by atoms with Crippen LogP contribution < -0.4 is 0 Å². The maximum absolute atomic E-state index is 11.2. The van der Waals surface area contributed by atoms with Gasteiger partial charge in [0.25, 0.3) is 0 Å². The van der Waals surface area contributed by atoms with Gasteiger partial charge in [-0.3, -0.25) is 9.59 Å². The fraction of sp³-hybridized carbons (Fsp3) is 0.308. The van der Waals surface area contributed by atoms with Crippen molar-refractivity contribution in [3.05, 3.63) is 42.3 Å². The van der Waals surface area contributed by atoms with Gasteiger partial charge in [-0.15, -0.1) is 0 Å². The van der Waals surface area contributed by atoms with Gasteiger partial charge in [0.15, 0.2) is 0 Å². The van der Waals surface area contributed by atoms with E-state index in [1.165, 1.54) is 6.42 Å². The molecule has 0 spiro atoms. The number of ether oxygens (including phenoxy) is 1.